The molecule has 1 aromatic carbocycles. The minimum Gasteiger partial charge on any atom is -0.465 e. The van der Waals surface area contributed by atoms with E-state index in [1.165, 1.54) is 0 Å². The second-order valence-corrected chi connectivity index (χ2v) is 5.94. The molecule has 0 radical (unpaired) electrons. The highest BCUT2D eigenvalue weighted by Gasteiger charge is 2.31. The van der Waals surface area contributed by atoms with Crippen molar-refractivity contribution >= 4 is 28.6 Å². The third-order valence-electron chi connectivity index (χ3n) is 4.40. The quantitative estimate of drug-likeness (QED) is 0.861. The number of rotatable bonds is 4. The van der Waals surface area contributed by atoms with E-state index in [2.05, 4.69) is 4.98 Å². The number of amides is 2. The Balaban J connectivity index is 1.76. The van der Waals surface area contributed by atoms with Crippen LogP contribution in [-0.2, 0) is 16.0 Å². The van der Waals surface area contributed by atoms with Crippen LogP contribution in [0.25, 0.3) is 10.9 Å². The van der Waals surface area contributed by atoms with Crippen molar-refractivity contribution in [1.82, 2.24) is 14.8 Å². The smallest absolute Gasteiger partial charge is 0.407 e. The summed E-state index contributed by atoms with van der Waals surface area (Å²) in [6.45, 7) is 0.435. The van der Waals surface area contributed by atoms with Gasteiger partial charge in [0.05, 0.1) is 5.52 Å². The molecule has 2 amide bonds. The maximum absolute atomic E-state index is 12.3. The van der Waals surface area contributed by atoms with Gasteiger partial charge in [-0.2, -0.15) is 0 Å². The molecule has 25 heavy (non-hydrogen) atoms. The Morgan fingerprint density at radius 3 is 2.88 bits per heavy atom. The van der Waals surface area contributed by atoms with Crippen molar-refractivity contribution in [2.24, 2.45) is 0 Å². The van der Waals surface area contributed by atoms with Gasteiger partial charge in [0.15, 0.2) is 0 Å². The third kappa shape index (κ3) is 3.48. The normalized spacial score (nSPS) is 16.3. The van der Waals surface area contributed by atoms with Crippen molar-refractivity contribution in [3.63, 3.8) is 0 Å². The van der Waals surface area contributed by atoms with E-state index in [1.807, 2.05) is 18.2 Å². The summed E-state index contributed by atoms with van der Waals surface area (Å²) in [5.41, 5.74) is 8.35. The van der Waals surface area contributed by atoms with Gasteiger partial charge in [0.25, 0.3) is 0 Å². The highest BCUT2D eigenvalue weighted by Crippen LogP contribution is 2.21. The van der Waals surface area contributed by atoms with E-state index in [0.717, 1.165) is 21.4 Å². The summed E-state index contributed by atoms with van der Waals surface area (Å²) in [5, 5.41) is 9.88. The number of benzene rings is 1. The second-order valence-electron chi connectivity index (χ2n) is 5.94. The maximum atomic E-state index is 12.3. The first-order valence-electron chi connectivity index (χ1n) is 7.93. The second kappa shape index (κ2) is 6.94. The van der Waals surface area contributed by atoms with Gasteiger partial charge in [0.2, 0.25) is 5.91 Å². The van der Waals surface area contributed by atoms with Crippen LogP contribution in [0.2, 0.25) is 0 Å². The van der Waals surface area contributed by atoms with Gasteiger partial charge >= 0.3 is 6.09 Å². The predicted molar refractivity (Wildman–Crippen MR) is 92.0 cm³/mol. The summed E-state index contributed by atoms with van der Waals surface area (Å²) in [5.74, 6) is -0.261. The molecule has 1 aliphatic rings. The highest BCUT2D eigenvalue weighted by atomic mass is 16.5. The van der Waals surface area contributed by atoms with Crippen molar-refractivity contribution in [3.8, 4) is 0 Å². The number of carboxylic acid groups (broad SMARTS) is 1. The van der Waals surface area contributed by atoms with Crippen LogP contribution in [-0.4, -0.2) is 64.9 Å². The number of carbonyl (C=O) groups excluding carboxylic acids is 1. The summed E-state index contributed by atoms with van der Waals surface area (Å²) in [6, 6.07) is 7.52. The monoisotopic (exact) mass is 344 g/mol. The molecule has 1 unspecified atom stereocenters. The standard InChI is InChI=1S/C17H20N4O4/c1-25-16(21-7-6-20(17(23)24)10-15(21)22)9-11-2-3-12-13(18)4-5-19-14(12)8-11/h2-5,8,16H,6-7,9-10H2,1H3,(H2,18,19)(H,23,24). The number of hydrogen-bond donors (Lipinski definition) is 2. The lowest BCUT2D eigenvalue weighted by Crippen LogP contribution is -2.56. The first-order valence-corrected chi connectivity index (χ1v) is 7.93. The van der Waals surface area contributed by atoms with Crippen molar-refractivity contribution in [2.45, 2.75) is 12.6 Å². The number of methoxy groups -OCH3 is 1. The molecule has 0 bridgehead atoms. The molecule has 1 atom stereocenters. The Kier molecular flexibility index (Phi) is 4.71. The highest BCUT2D eigenvalue weighted by molar-refractivity contribution is 5.90. The Morgan fingerprint density at radius 1 is 1.40 bits per heavy atom. The van der Waals surface area contributed by atoms with E-state index < -0.39 is 12.3 Å². The van der Waals surface area contributed by atoms with Crippen LogP contribution in [0.4, 0.5) is 10.5 Å². The zero-order valence-electron chi connectivity index (χ0n) is 13.9. The lowest BCUT2D eigenvalue weighted by molar-refractivity contribution is -0.149. The zero-order chi connectivity index (χ0) is 18.0. The molecule has 0 aliphatic carbocycles. The van der Waals surface area contributed by atoms with Gasteiger partial charge in [0.1, 0.15) is 12.8 Å². The number of nitrogens with two attached hydrogens (primary N) is 1. The molecule has 3 rings (SSSR count). The number of ether oxygens (including phenoxy) is 1. The number of nitrogen functional groups attached to an aromatic ring is 1. The van der Waals surface area contributed by atoms with E-state index in [9.17, 15) is 9.59 Å². The minimum absolute atomic E-state index is 0.148. The fourth-order valence-electron chi connectivity index (χ4n) is 3.02. The maximum Gasteiger partial charge on any atom is 0.407 e. The van der Waals surface area contributed by atoms with E-state index in [1.54, 1.807) is 24.3 Å². The predicted octanol–water partition coefficient (Wildman–Crippen LogP) is 1.15. The molecule has 2 heterocycles. The van der Waals surface area contributed by atoms with Gasteiger partial charge in [-0.25, -0.2) is 4.79 Å². The number of carbonyl (C=O) groups is 2. The Labute approximate surface area is 144 Å². The van der Waals surface area contributed by atoms with E-state index in [0.29, 0.717) is 18.7 Å². The minimum atomic E-state index is -1.08. The number of anilines is 1. The fraction of sp³-hybridized carbons (Fsp3) is 0.353. The SMILES string of the molecule is COC(Cc1ccc2c(N)ccnc2c1)N1CCN(C(=O)O)CC1=O. The van der Waals surface area contributed by atoms with Crippen LogP contribution < -0.4 is 5.73 Å². The number of pyridine rings is 1. The number of piperazine rings is 1. The fourth-order valence-corrected chi connectivity index (χ4v) is 3.02. The average molecular weight is 344 g/mol. The largest absolute Gasteiger partial charge is 0.465 e. The number of aromatic nitrogens is 1. The lowest BCUT2D eigenvalue weighted by Gasteiger charge is -2.37. The lowest BCUT2D eigenvalue weighted by atomic mass is 10.1. The first-order chi connectivity index (χ1) is 12.0. The molecule has 1 fully saturated rings. The zero-order valence-corrected chi connectivity index (χ0v) is 13.9. The summed E-state index contributed by atoms with van der Waals surface area (Å²) in [7, 11) is 1.54. The third-order valence-corrected chi connectivity index (χ3v) is 4.40. The van der Waals surface area contributed by atoms with Crippen LogP contribution in [0.15, 0.2) is 30.5 Å². The number of hydrogen-bond acceptors (Lipinski definition) is 5. The van der Waals surface area contributed by atoms with Gasteiger partial charge < -0.3 is 20.5 Å². The number of nitrogens with zero attached hydrogens (tertiary/aromatic N) is 3. The Bertz CT molecular complexity index is 810. The van der Waals surface area contributed by atoms with Crippen LogP contribution in [0, 0.1) is 0 Å². The molecule has 0 spiro atoms. The number of fused-ring (bicyclic) bond motifs is 1. The molecule has 132 valence electrons. The van der Waals surface area contributed by atoms with Crippen molar-refractivity contribution in [1.29, 1.82) is 0 Å². The molecule has 1 aliphatic heterocycles. The van der Waals surface area contributed by atoms with Gasteiger partial charge in [0, 0.05) is 43.9 Å². The molecule has 8 nitrogen and oxygen atoms in total. The van der Waals surface area contributed by atoms with Gasteiger partial charge in [-0.1, -0.05) is 12.1 Å². The van der Waals surface area contributed by atoms with Crippen molar-refractivity contribution in [3.05, 3.63) is 36.0 Å². The molecule has 1 aromatic heterocycles. The summed E-state index contributed by atoms with van der Waals surface area (Å²) in [6.07, 6.45) is 0.605. The van der Waals surface area contributed by atoms with E-state index in [4.69, 9.17) is 15.6 Å². The average Bonchev–Trinajstić information content (AvgIpc) is 2.60. The Morgan fingerprint density at radius 2 is 2.20 bits per heavy atom. The molecule has 2 aromatic rings. The van der Waals surface area contributed by atoms with Crippen molar-refractivity contribution < 1.29 is 19.4 Å². The van der Waals surface area contributed by atoms with Gasteiger partial charge in [-0.3, -0.25) is 14.7 Å². The molecule has 0 saturated carbocycles. The molecule has 1 saturated heterocycles. The van der Waals surface area contributed by atoms with Crippen LogP contribution in [0.1, 0.15) is 5.56 Å². The Hall–Kier alpha value is -2.87. The van der Waals surface area contributed by atoms with Gasteiger partial charge in [-0.05, 0) is 17.7 Å². The molecular weight excluding hydrogens is 324 g/mol. The first kappa shape index (κ1) is 17.0. The molecule has 8 heteroatoms. The summed E-state index contributed by atoms with van der Waals surface area (Å²) in [4.78, 5) is 30.3. The summed E-state index contributed by atoms with van der Waals surface area (Å²) >= 11 is 0. The van der Waals surface area contributed by atoms with Gasteiger partial charge in [-0.15, -0.1) is 0 Å². The van der Waals surface area contributed by atoms with E-state index in [-0.39, 0.29) is 19.0 Å². The van der Waals surface area contributed by atoms with Crippen LogP contribution in [0.3, 0.4) is 0 Å². The summed E-state index contributed by atoms with van der Waals surface area (Å²) < 4.78 is 5.49. The molecular formula is C17H20N4O4. The van der Waals surface area contributed by atoms with E-state index >= 15 is 0 Å². The topological polar surface area (TPSA) is 109 Å². The molecule has 3 N–H and O–H groups in total. The van der Waals surface area contributed by atoms with Crippen LogP contribution in [0.5, 0.6) is 0 Å². The van der Waals surface area contributed by atoms with Crippen LogP contribution >= 0.6 is 0 Å². The van der Waals surface area contributed by atoms with Crippen molar-refractivity contribution in [2.75, 3.05) is 32.5 Å².